The minimum Gasteiger partial charge on any atom is -0.458 e. The van der Waals surface area contributed by atoms with E-state index in [0.29, 0.717) is 11.5 Å². The largest absolute Gasteiger partial charge is 0.458 e. The topological polar surface area (TPSA) is 18.5 Å². The third-order valence-electron chi connectivity index (χ3n) is 8.55. The predicted molar refractivity (Wildman–Crippen MR) is 194 cm³/mol. The maximum Gasteiger partial charge on any atom is 0.127 e. The fourth-order valence-corrected chi connectivity index (χ4v) is 6.45. The van der Waals surface area contributed by atoms with E-state index < -0.39 is 5.41 Å². The van der Waals surface area contributed by atoms with Crippen molar-refractivity contribution in [2.75, 3.05) is 0 Å². The van der Waals surface area contributed by atoms with E-state index >= 15 is 0 Å². The third kappa shape index (κ3) is 5.97. The second kappa shape index (κ2) is 13.1. The first-order valence-corrected chi connectivity index (χ1v) is 15.7. The molecule has 0 atom stereocenters. The molecule has 0 radical (unpaired) electrons. The SMILES string of the molecule is C=C(/C=C/c1ccccc1)Oc1ccc(C2(c3ccc(OC(=C)/C=C/c4ccccc4)cc3)c3ccccc3-c3ccccc32)cc1. The van der Waals surface area contributed by atoms with Crippen LogP contribution >= 0.6 is 0 Å². The molecule has 0 saturated carbocycles. The summed E-state index contributed by atoms with van der Waals surface area (Å²) in [6.45, 7) is 8.22. The molecular formula is C45H34O2. The number of benzene rings is 6. The summed E-state index contributed by atoms with van der Waals surface area (Å²) >= 11 is 0. The molecule has 0 spiro atoms. The maximum atomic E-state index is 6.12. The van der Waals surface area contributed by atoms with Crippen molar-refractivity contribution in [1.29, 1.82) is 0 Å². The summed E-state index contributed by atoms with van der Waals surface area (Å²) in [5.41, 5.74) is 8.93. The van der Waals surface area contributed by atoms with Gasteiger partial charge in [-0.2, -0.15) is 0 Å². The zero-order valence-corrected chi connectivity index (χ0v) is 26.1. The quantitative estimate of drug-likeness (QED) is 0.114. The number of hydrogen-bond acceptors (Lipinski definition) is 2. The first-order valence-electron chi connectivity index (χ1n) is 15.7. The van der Waals surface area contributed by atoms with Crippen molar-refractivity contribution >= 4 is 12.2 Å². The summed E-state index contributed by atoms with van der Waals surface area (Å²) in [5, 5.41) is 0. The molecule has 0 unspecified atom stereocenters. The Kier molecular flexibility index (Phi) is 8.24. The Morgan fingerprint density at radius 3 is 1.19 bits per heavy atom. The van der Waals surface area contributed by atoms with E-state index in [0.717, 1.165) is 33.8 Å². The Bertz CT molecular complexity index is 1930. The van der Waals surface area contributed by atoms with Crippen molar-refractivity contribution in [1.82, 2.24) is 0 Å². The summed E-state index contributed by atoms with van der Waals surface area (Å²) < 4.78 is 12.2. The molecular weight excluding hydrogens is 572 g/mol. The Labute approximate surface area is 276 Å². The molecule has 0 aromatic heterocycles. The van der Waals surface area contributed by atoms with Crippen molar-refractivity contribution in [2.45, 2.75) is 5.41 Å². The van der Waals surface area contributed by atoms with E-state index in [1.807, 2.05) is 109 Å². The molecule has 2 heteroatoms. The molecule has 0 amide bonds. The van der Waals surface area contributed by atoms with Gasteiger partial charge in [0, 0.05) is 0 Å². The lowest BCUT2D eigenvalue weighted by molar-refractivity contribution is 0.447. The second-order valence-electron chi connectivity index (χ2n) is 11.5. The predicted octanol–water partition coefficient (Wildman–Crippen LogP) is 11.3. The Morgan fingerprint density at radius 1 is 0.426 bits per heavy atom. The van der Waals surface area contributed by atoms with Gasteiger partial charge >= 0.3 is 0 Å². The van der Waals surface area contributed by atoms with Crippen LogP contribution in [0, 0.1) is 0 Å². The normalized spacial score (nSPS) is 12.9. The average Bonchev–Trinajstić information content (AvgIpc) is 3.43. The van der Waals surface area contributed by atoms with Crippen molar-refractivity contribution < 1.29 is 9.47 Å². The molecule has 226 valence electrons. The summed E-state index contributed by atoms with van der Waals surface area (Å²) in [7, 11) is 0. The number of ether oxygens (including phenoxy) is 2. The van der Waals surface area contributed by atoms with Gasteiger partial charge in [-0.05, 0) is 80.9 Å². The van der Waals surface area contributed by atoms with Crippen molar-refractivity contribution in [3.63, 3.8) is 0 Å². The van der Waals surface area contributed by atoms with Gasteiger partial charge in [0.1, 0.15) is 23.0 Å². The molecule has 6 aromatic rings. The first-order chi connectivity index (χ1) is 23.1. The van der Waals surface area contributed by atoms with Crippen LogP contribution in [0.2, 0.25) is 0 Å². The molecule has 0 aliphatic heterocycles. The van der Waals surface area contributed by atoms with E-state index in [1.54, 1.807) is 0 Å². The van der Waals surface area contributed by atoms with Crippen LogP contribution in [0.25, 0.3) is 23.3 Å². The van der Waals surface area contributed by atoms with Crippen LogP contribution in [0.4, 0.5) is 0 Å². The molecule has 7 rings (SSSR count). The van der Waals surface area contributed by atoms with Gasteiger partial charge in [0.05, 0.1) is 5.41 Å². The van der Waals surface area contributed by atoms with E-state index in [2.05, 4.69) is 86.0 Å². The molecule has 0 saturated heterocycles. The zero-order chi connectivity index (χ0) is 32.1. The van der Waals surface area contributed by atoms with Crippen LogP contribution < -0.4 is 9.47 Å². The highest BCUT2D eigenvalue weighted by molar-refractivity contribution is 5.86. The number of hydrogen-bond donors (Lipinski definition) is 0. The van der Waals surface area contributed by atoms with Gasteiger partial charge in [-0.15, -0.1) is 0 Å². The lowest BCUT2D eigenvalue weighted by atomic mass is 9.68. The highest BCUT2D eigenvalue weighted by atomic mass is 16.5. The van der Waals surface area contributed by atoms with E-state index in [1.165, 1.54) is 22.3 Å². The molecule has 6 aromatic carbocycles. The number of allylic oxidation sites excluding steroid dienone is 2. The number of fused-ring (bicyclic) bond motifs is 3. The van der Waals surface area contributed by atoms with Crippen molar-refractivity contribution in [2.24, 2.45) is 0 Å². The minimum absolute atomic E-state index is 0.529. The maximum absolute atomic E-state index is 6.12. The van der Waals surface area contributed by atoms with Crippen molar-refractivity contribution in [3.05, 3.63) is 228 Å². The van der Waals surface area contributed by atoms with Crippen LogP contribution in [0.1, 0.15) is 33.4 Å². The summed E-state index contributed by atoms with van der Waals surface area (Å²) in [6.07, 6.45) is 7.79. The molecule has 0 bridgehead atoms. The van der Waals surface area contributed by atoms with Gasteiger partial charge < -0.3 is 9.47 Å². The lowest BCUT2D eigenvalue weighted by Gasteiger charge is -2.34. The average molecular weight is 607 g/mol. The first kappa shape index (κ1) is 29.6. The fraction of sp³-hybridized carbons (Fsp3) is 0.0222. The fourth-order valence-electron chi connectivity index (χ4n) is 6.45. The van der Waals surface area contributed by atoms with Gasteiger partial charge in [-0.25, -0.2) is 0 Å². The molecule has 1 aliphatic carbocycles. The third-order valence-corrected chi connectivity index (χ3v) is 8.55. The molecule has 0 heterocycles. The smallest absolute Gasteiger partial charge is 0.127 e. The van der Waals surface area contributed by atoms with Gasteiger partial charge in [0.25, 0.3) is 0 Å². The second-order valence-corrected chi connectivity index (χ2v) is 11.5. The zero-order valence-electron chi connectivity index (χ0n) is 26.1. The van der Waals surface area contributed by atoms with E-state index in [9.17, 15) is 0 Å². The molecule has 2 nitrogen and oxygen atoms in total. The van der Waals surface area contributed by atoms with E-state index in [-0.39, 0.29) is 0 Å². The standard InChI is InChI=1S/C45H34O2/c1-33(21-23-35-13-5-3-6-14-35)46-39-29-25-37(26-30-39)45(43-19-11-9-17-41(43)42-18-10-12-20-44(42)45)38-27-31-40(32-28-38)47-34(2)22-24-36-15-7-4-8-16-36/h3-32H,1-2H2/b23-21+,24-22+. The lowest BCUT2D eigenvalue weighted by Crippen LogP contribution is -2.28. The number of rotatable bonds is 10. The van der Waals surface area contributed by atoms with Crippen LogP contribution in [0.3, 0.4) is 0 Å². The van der Waals surface area contributed by atoms with Crippen LogP contribution in [0.15, 0.2) is 195 Å². The van der Waals surface area contributed by atoms with Crippen molar-refractivity contribution in [3.8, 4) is 22.6 Å². The van der Waals surface area contributed by atoms with Gasteiger partial charge in [-0.3, -0.25) is 0 Å². The minimum atomic E-state index is -0.529. The highest BCUT2D eigenvalue weighted by Crippen LogP contribution is 2.56. The molecule has 0 N–H and O–H groups in total. The highest BCUT2D eigenvalue weighted by Gasteiger charge is 2.45. The van der Waals surface area contributed by atoms with Crippen LogP contribution in [-0.4, -0.2) is 0 Å². The summed E-state index contributed by atoms with van der Waals surface area (Å²) in [4.78, 5) is 0. The van der Waals surface area contributed by atoms with Crippen LogP contribution in [0.5, 0.6) is 11.5 Å². The van der Waals surface area contributed by atoms with Gasteiger partial charge in [-0.1, -0.05) is 159 Å². The monoisotopic (exact) mass is 606 g/mol. The van der Waals surface area contributed by atoms with Crippen LogP contribution in [-0.2, 0) is 5.41 Å². The molecule has 47 heavy (non-hydrogen) atoms. The van der Waals surface area contributed by atoms with Gasteiger partial charge in [0.15, 0.2) is 0 Å². The molecule has 1 aliphatic rings. The summed E-state index contributed by atoms with van der Waals surface area (Å²) in [5.74, 6) is 2.61. The van der Waals surface area contributed by atoms with E-state index in [4.69, 9.17) is 9.47 Å². The molecule has 0 fully saturated rings. The Morgan fingerprint density at radius 2 is 0.787 bits per heavy atom. The Hall–Kier alpha value is -6.12. The summed E-state index contributed by atoms with van der Waals surface area (Å²) in [6, 6.07) is 54.5. The van der Waals surface area contributed by atoms with Gasteiger partial charge in [0.2, 0.25) is 0 Å². The Balaban J connectivity index is 1.22.